The number of hydrogen-bond acceptors (Lipinski definition) is 4. The highest BCUT2D eigenvalue weighted by Crippen LogP contribution is 2.19. The molecule has 96 valence electrons. The zero-order valence-corrected chi connectivity index (χ0v) is 11.4. The van der Waals surface area contributed by atoms with Gasteiger partial charge in [0.2, 0.25) is 0 Å². The molecular formula is C12H15N3O2S. The largest absolute Gasteiger partial charge is 0.478 e. The molecule has 0 unspecified atom stereocenters. The maximum Gasteiger partial charge on any atom is 0.339 e. The van der Waals surface area contributed by atoms with Gasteiger partial charge in [0.15, 0.2) is 0 Å². The van der Waals surface area contributed by atoms with E-state index < -0.39 is 5.97 Å². The molecule has 0 fully saturated rings. The molecule has 0 amide bonds. The molecule has 2 aromatic heterocycles. The van der Waals surface area contributed by atoms with E-state index in [-0.39, 0.29) is 5.56 Å². The molecule has 0 spiro atoms. The summed E-state index contributed by atoms with van der Waals surface area (Å²) in [6, 6.07) is 0. The predicted octanol–water partition coefficient (Wildman–Crippen LogP) is 2.52. The molecular weight excluding hydrogens is 250 g/mol. The minimum Gasteiger partial charge on any atom is -0.478 e. The van der Waals surface area contributed by atoms with Crippen molar-refractivity contribution >= 4 is 17.3 Å². The Hall–Kier alpha value is -1.69. The number of carbonyl (C=O) groups is 1. The minimum absolute atomic E-state index is 0.245. The van der Waals surface area contributed by atoms with Crippen molar-refractivity contribution in [1.82, 2.24) is 14.8 Å². The number of aromatic carboxylic acids is 1. The maximum atomic E-state index is 10.9. The van der Waals surface area contributed by atoms with Gasteiger partial charge in [0.25, 0.3) is 0 Å². The lowest BCUT2D eigenvalue weighted by atomic mass is 10.2. The van der Waals surface area contributed by atoms with E-state index in [2.05, 4.69) is 23.9 Å². The van der Waals surface area contributed by atoms with Crippen LogP contribution in [-0.4, -0.2) is 25.8 Å². The molecule has 6 heteroatoms. The Morgan fingerprint density at radius 3 is 2.78 bits per heavy atom. The molecule has 0 aliphatic carbocycles. The Balaban J connectivity index is 2.18. The molecule has 2 rings (SSSR count). The molecule has 0 radical (unpaired) electrons. The fourth-order valence-electron chi connectivity index (χ4n) is 1.64. The van der Waals surface area contributed by atoms with Crippen molar-refractivity contribution < 1.29 is 9.90 Å². The standard InChI is InChI=1S/C12H15N3O2S/c1-7(2)11-13-9(6-18-11)4-15-5-10(12(16)17)8(3)14-15/h5-7H,4H2,1-3H3,(H,16,17). The highest BCUT2D eigenvalue weighted by Gasteiger charge is 2.13. The number of thiazole rings is 1. The van der Waals surface area contributed by atoms with Gasteiger partial charge in [-0.15, -0.1) is 11.3 Å². The molecule has 0 atom stereocenters. The third-order valence-electron chi connectivity index (χ3n) is 2.56. The molecule has 0 aliphatic rings. The Bertz CT molecular complexity index is 572. The lowest BCUT2D eigenvalue weighted by molar-refractivity contribution is 0.0696. The van der Waals surface area contributed by atoms with E-state index >= 15 is 0 Å². The Labute approximate surface area is 109 Å². The topological polar surface area (TPSA) is 68.0 Å². The van der Waals surface area contributed by atoms with Gasteiger partial charge >= 0.3 is 5.97 Å². The van der Waals surface area contributed by atoms with Gasteiger partial charge < -0.3 is 5.11 Å². The van der Waals surface area contributed by atoms with Crippen LogP contribution in [0.1, 0.15) is 46.5 Å². The zero-order valence-electron chi connectivity index (χ0n) is 10.5. The van der Waals surface area contributed by atoms with Crippen LogP contribution in [-0.2, 0) is 6.54 Å². The van der Waals surface area contributed by atoms with Gasteiger partial charge in [-0.25, -0.2) is 9.78 Å². The van der Waals surface area contributed by atoms with E-state index in [1.54, 1.807) is 29.1 Å². The molecule has 0 aliphatic heterocycles. The van der Waals surface area contributed by atoms with E-state index in [4.69, 9.17) is 5.11 Å². The summed E-state index contributed by atoms with van der Waals surface area (Å²) in [5.41, 5.74) is 1.69. The molecule has 18 heavy (non-hydrogen) atoms. The first-order chi connectivity index (χ1) is 8.47. The molecule has 2 heterocycles. The molecule has 0 bridgehead atoms. The average molecular weight is 265 g/mol. The van der Waals surface area contributed by atoms with Crippen LogP contribution >= 0.6 is 11.3 Å². The minimum atomic E-state index is -0.945. The number of hydrogen-bond donors (Lipinski definition) is 1. The van der Waals surface area contributed by atoms with Gasteiger partial charge in [0.1, 0.15) is 5.56 Å². The van der Waals surface area contributed by atoms with Crippen LogP contribution < -0.4 is 0 Å². The second kappa shape index (κ2) is 4.89. The van der Waals surface area contributed by atoms with Crippen LogP contribution in [0.5, 0.6) is 0 Å². The fourth-order valence-corrected chi connectivity index (χ4v) is 2.46. The molecule has 0 saturated carbocycles. The summed E-state index contributed by atoms with van der Waals surface area (Å²) < 4.78 is 1.62. The summed E-state index contributed by atoms with van der Waals surface area (Å²) in [7, 11) is 0. The summed E-state index contributed by atoms with van der Waals surface area (Å²) in [5, 5.41) is 16.2. The van der Waals surface area contributed by atoms with Crippen LogP contribution in [0.3, 0.4) is 0 Å². The number of carboxylic acid groups (broad SMARTS) is 1. The number of rotatable bonds is 4. The van der Waals surface area contributed by atoms with Crippen molar-refractivity contribution in [3.63, 3.8) is 0 Å². The third kappa shape index (κ3) is 2.59. The lowest BCUT2D eigenvalue weighted by Crippen LogP contribution is -2.01. The van der Waals surface area contributed by atoms with Gasteiger partial charge in [-0.05, 0) is 6.92 Å². The van der Waals surface area contributed by atoms with Crippen molar-refractivity contribution in [1.29, 1.82) is 0 Å². The van der Waals surface area contributed by atoms with Crippen LogP contribution in [0.25, 0.3) is 0 Å². The number of carboxylic acids is 1. The first-order valence-electron chi connectivity index (χ1n) is 5.69. The molecule has 2 aromatic rings. The van der Waals surface area contributed by atoms with Gasteiger partial charge in [0.05, 0.1) is 22.9 Å². The molecule has 5 nitrogen and oxygen atoms in total. The average Bonchev–Trinajstić information content (AvgIpc) is 2.86. The quantitative estimate of drug-likeness (QED) is 0.922. The summed E-state index contributed by atoms with van der Waals surface area (Å²) in [5.74, 6) is -0.530. The Morgan fingerprint density at radius 1 is 1.56 bits per heavy atom. The normalized spacial score (nSPS) is 11.1. The van der Waals surface area contributed by atoms with Gasteiger partial charge in [-0.1, -0.05) is 13.8 Å². The van der Waals surface area contributed by atoms with Crippen molar-refractivity contribution in [2.24, 2.45) is 0 Å². The predicted molar refractivity (Wildman–Crippen MR) is 69.2 cm³/mol. The number of aromatic nitrogens is 3. The van der Waals surface area contributed by atoms with Crippen molar-refractivity contribution in [3.8, 4) is 0 Å². The highest BCUT2D eigenvalue weighted by molar-refractivity contribution is 7.09. The first-order valence-corrected chi connectivity index (χ1v) is 6.57. The SMILES string of the molecule is Cc1nn(Cc2csc(C(C)C)n2)cc1C(=O)O. The lowest BCUT2D eigenvalue weighted by Gasteiger charge is -1.98. The second-order valence-electron chi connectivity index (χ2n) is 4.46. The van der Waals surface area contributed by atoms with Crippen LogP contribution in [0.15, 0.2) is 11.6 Å². The maximum absolute atomic E-state index is 10.9. The fraction of sp³-hybridized carbons (Fsp3) is 0.417. The number of aryl methyl sites for hydroxylation is 1. The smallest absolute Gasteiger partial charge is 0.339 e. The Morgan fingerprint density at radius 2 is 2.28 bits per heavy atom. The first kappa shape index (κ1) is 12.8. The molecule has 0 saturated heterocycles. The van der Waals surface area contributed by atoms with E-state index in [1.807, 2.05) is 5.38 Å². The Kier molecular flexibility index (Phi) is 3.47. The van der Waals surface area contributed by atoms with Crippen molar-refractivity contribution in [2.75, 3.05) is 0 Å². The summed E-state index contributed by atoms with van der Waals surface area (Å²) >= 11 is 1.63. The van der Waals surface area contributed by atoms with Crippen molar-refractivity contribution in [3.05, 3.63) is 33.5 Å². The summed E-state index contributed by atoms with van der Waals surface area (Å²) in [6.07, 6.45) is 1.55. The van der Waals surface area contributed by atoms with Gasteiger partial charge in [0, 0.05) is 17.5 Å². The summed E-state index contributed by atoms with van der Waals surface area (Å²) in [6.45, 7) is 6.41. The molecule has 1 N–H and O–H groups in total. The third-order valence-corrected chi connectivity index (χ3v) is 3.76. The van der Waals surface area contributed by atoms with Gasteiger partial charge in [-0.2, -0.15) is 5.10 Å². The second-order valence-corrected chi connectivity index (χ2v) is 5.35. The van der Waals surface area contributed by atoms with Crippen molar-refractivity contribution in [2.45, 2.75) is 33.2 Å². The zero-order chi connectivity index (χ0) is 13.3. The van der Waals surface area contributed by atoms with Crippen LogP contribution in [0.4, 0.5) is 0 Å². The van der Waals surface area contributed by atoms with Crippen LogP contribution in [0.2, 0.25) is 0 Å². The summed E-state index contributed by atoms with van der Waals surface area (Å²) in [4.78, 5) is 15.4. The van der Waals surface area contributed by atoms with Crippen LogP contribution in [0, 0.1) is 6.92 Å². The van der Waals surface area contributed by atoms with E-state index in [0.29, 0.717) is 18.2 Å². The highest BCUT2D eigenvalue weighted by atomic mass is 32.1. The number of nitrogens with zero attached hydrogens (tertiary/aromatic N) is 3. The van der Waals surface area contributed by atoms with E-state index in [1.165, 1.54) is 0 Å². The van der Waals surface area contributed by atoms with E-state index in [9.17, 15) is 4.79 Å². The monoisotopic (exact) mass is 265 g/mol. The van der Waals surface area contributed by atoms with Gasteiger partial charge in [-0.3, -0.25) is 4.68 Å². The molecule has 0 aromatic carbocycles. The van der Waals surface area contributed by atoms with E-state index in [0.717, 1.165) is 10.7 Å².